The van der Waals surface area contributed by atoms with Crippen LogP contribution in [0.3, 0.4) is 0 Å². The predicted octanol–water partition coefficient (Wildman–Crippen LogP) is 2.57. The molecule has 2 amide bonds. The first-order valence-electron chi connectivity index (χ1n) is 7.69. The van der Waals surface area contributed by atoms with E-state index in [-0.39, 0.29) is 12.1 Å². The number of amides is 2. The molecule has 0 unspecified atom stereocenters. The molecule has 1 aliphatic rings. The maximum atomic E-state index is 12.3. The molecule has 0 bridgehead atoms. The molecule has 2 rings (SSSR count). The summed E-state index contributed by atoms with van der Waals surface area (Å²) in [5.74, 6) is 0. The van der Waals surface area contributed by atoms with Crippen molar-refractivity contribution >= 4 is 11.7 Å². The van der Waals surface area contributed by atoms with Crippen molar-refractivity contribution in [1.82, 2.24) is 4.90 Å². The number of benzene rings is 1. The number of nitrogens with zero attached hydrogens (tertiary/aromatic N) is 1. The first kappa shape index (κ1) is 15.8. The Bertz CT molecular complexity index is 459. The lowest BCUT2D eigenvalue weighted by molar-refractivity contribution is 0.00221. The van der Waals surface area contributed by atoms with Crippen LogP contribution in [0.15, 0.2) is 24.3 Å². The molecule has 1 atom stereocenters. The lowest BCUT2D eigenvalue weighted by Crippen LogP contribution is -2.41. The fourth-order valence-corrected chi connectivity index (χ4v) is 2.53. The molecule has 3 N–H and O–H groups in total. The minimum Gasteiger partial charge on any atom is -0.376 e. The molecule has 116 valence electrons. The van der Waals surface area contributed by atoms with E-state index in [0.717, 1.165) is 30.7 Å². The Kier molecular flexibility index (Phi) is 6.02. The van der Waals surface area contributed by atoms with Crippen molar-refractivity contribution in [1.29, 1.82) is 0 Å². The van der Waals surface area contributed by atoms with Crippen LogP contribution in [0.1, 0.15) is 31.7 Å². The second-order valence-corrected chi connectivity index (χ2v) is 5.36. The van der Waals surface area contributed by atoms with Crippen LogP contribution in [0.5, 0.6) is 0 Å². The summed E-state index contributed by atoms with van der Waals surface area (Å²) in [6, 6.07) is 7.55. The van der Waals surface area contributed by atoms with Crippen LogP contribution < -0.4 is 11.1 Å². The average molecular weight is 291 g/mol. The van der Waals surface area contributed by atoms with Gasteiger partial charge in [0, 0.05) is 31.9 Å². The summed E-state index contributed by atoms with van der Waals surface area (Å²) < 4.78 is 5.71. The van der Waals surface area contributed by atoms with Gasteiger partial charge in [0.1, 0.15) is 0 Å². The van der Waals surface area contributed by atoms with E-state index in [1.165, 1.54) is 6.42 Å². The van der Waals surface area contributed by atoms with Crippen molar-refractivity contribution in [2.75, 3.05) is 25.0 Å². The number of carbonyl (C=O) groups excluding carboxylic acids is 1. The normalized spacial score (nSPS) is 18.3. The third-order valence-corrected chi connectivity index (χ3v) is 3.78. The molecule has 1 aliphatic heterocycles. The minimum atomic E-state index is -0.0826. The van der Waals surface area contributed by atoms with Crippen LogP contribution in [0.4, 0.5) is 10.5 Å². The lowest BCUT2D eigenvalue weighted by atomic mass is 10.1. The van der Waals surface area contributed by atoms with Gasteiger partial charge in [0.05, 0.1) is 6.10 Å². The molecule has 1 aromatic rings. The van der Waals surface area contributed by atoms with Gasteiger partial charge in [0.2, 0.25) is 0 Å². The largest absolute Gasteiger partial charge is 0.376 e. The Balaban J connectivity index is 1.92. The van der Waals surface area contributed by atoms with E-state index in [1.54, 1.807) is 4.90 Å². The zero-order valence-corrected chi connectivity index (χ0v) is 12.7. The molecule has 0 aliphatic carbocycles. The first-order valence-corrected chi connectivity index (χ1v) is 7.69. The van der Waals surface area contributed by atoms with Gasteiger partial charge in [-0.25, -0.2) is 4.79 Å². The Morgan fingerprint density at radius 2 is 2.33 bits per heavy atom. The van der Waals surface area contributed by atoms with Gasteiger partial charge >= 0.3 is 6.03 Å². The van der Waals surface area contributed by atoms with Crippen molar-refractivity contribution in [3.63, 3.8) is 0 Å². The summed E-state index contributed by atoms with van der Waals surface area (Å²) in [7, 11) is 0. The average Bonchev–Trinajstić information content (AvgIpc) is 2.53. The summed E-state index contributed by atoms with van der Waals surface area (Å²) in [6.07, 6.45) is 3.51. The van der Waals surface area contributed by atoms with E-state index in [2.05, 4.69) is 5.32 Å². The zero-order chi connectivity index (χ0) is 15.1. The number of hydrogen-bond donors (Lipinski definition) is 2. The van der Waals surface area contributed by atoms with Crippen molar-refractivity contribution in [3.8, 4) is 0 Å². The topological polar surface area (TPSA) is 67.6 Å². The van der Waals surface area contributed by atoms with E-state index in [4.69, 9.17) is 10.5 Å². The van der Waals surface area contributed by atoms with Gasteiger partial charge < -0.3 is 20.7 Å². The zero-order valence-electron chi connectivity index (χ0n) is 12.7. The maximum absolute atomic E-state index is 12.3. The molecule has 1 saturated heterocycles. The van der Waals surface area contributed by atoms with Gasteiger partial charge in [0.15, 0.2) is 0 Å². The van der Waals surface area contributed by atoms with Crippen LogP contribution in [-0.2, 0) is 11.3 Å². The minimum absolute atomic E-state index is 0.0826. The molecule has 5 heteroatoms. The summed E-state index contributed by atoms with van der Waals surface area (Å²) >= 11 is 0. The fourth-order valence-electron chi connectivity index (χ4n) is 2.53. The number of nitrogens with one attached hydrogen (secondary N) is 1. The summed E-state index contributed by atoms with van der Waals surface area (Å²) in [6.45, 7) is 4.58. The SMILES string of the molecule is CCN(C[C@@H]1CCCCO1)C(=O)Nc1cccc(CN)c1. The van der Waals surface area contributed by atoms with Crippen molar-refractivity contribution < 1.29 is 9.53 Å². The molecular weight excluding hydrogens is 266 g/mol. The molecule has 0 aromatic heterocycles. The van der Waals surface area contributed by atoms with Gasteiger partial charge in [-0.3, -0.25) is 0 Å². The maximum Gasteiger partial charge on any atom is 0.321 e. The first-order chi connectivity index (χ1) is 10.2. The number of anilines is 1. The molecule has 21 heavy (non-hydrogen) atoms. The highest BCUT2D eigenvalue weighted by Gasteiger charge is 2.20. The fraction of sp³-hybridized carbons (Fsp3) is 0.562. The Morgan fingerprint density at radius 1 is 1.48 bits per heavy atom. The Hall–Kier alpha value is -1.59. The number of rotatable bonds is 5. The summed E-state index contributed by atoms with van der Waals surface area (Å²) in [5.41, 5.74) is 7.41. The van der Waals surface area contributed by atoms with Crippen molar-refractivity contribution in [2.45, 2.75) is 38.8 Å². The van der Waals surface area contributed by atoms with E-state index in [0.29, 0.717) is 19.6 Å². The van der Waals surface area contributed by atoms with Gasteiger partial charge in [0.25, 0.3) is 0 Å². The van der Waals surface area contributed by atoms with Crippen LogP contribution in [0.25, 0.3) is 0 Å². The summed E-state index contributed by atoms with van der Waals surface area (Å²) in [4.78, 5) is 14.1. The smallest absolute Gasteiger partial charge is 0.321 e. The van der Waals surface area contributed by atoms with Gasteiger partial charge in [-0.05, 0) is 43.9 Å². The van der Waals surface area contributed by atoms with Crippen molar-refractivity contribution in [2.24, 2.45) is 5.73 Å². The highest BCUT2D eigenvalue weighted by molar-refractivity contribution is 5.89. The van der Waals surface area contributed by atoms with Gasteiger partial charge in [-0.2, -0.15) is 0 Å². The molecule has 1 aromatic carbocycles. The van der Waals surface area contributed by atoms with Crippen LogP contribution in [0, 0.1) is 0 Å². The van der Waals surface area contributed by atoms with E-state index in [9.17, 15) is 4.79 Å². The van der Waals surface area contributed by atoms with Gasteiger partial charge in [-0.1, -0.05) is 12.1 Å². The number of likely N-dealkylation sites (N-methyl/N-ethyl adjacent to an activating group) is 1. The number of ether oxygens (including phenoxy) is 1. The summed E-state index contributed by atoms with van der Waals surface area (Å²) in [5, 5.41) is 2.93. The highest BCUT2D eigenvalue weighted by atomic mass is 16.5. The molecular formula is C16H25N3O2. The molecule has 1 fully saturated rings. The third-order valence-electron chi connectivity index (χ3n) is 3.78. The number of hydrogen-bond acceptors (Lipinski definition) is 3. The van der Waals surface area contributed by atoms with E-state index < -0.39 is 0 Å². The second-order valence-electron chi connectivity index (χ2n) is 5.36. The van der Waals surface area contributed by atoms with E-state index in [1.807, 2.05) is 31.2 Å². The van der Waals surface area contributed by atoms with Crippen LogP contribution >= 0.6 is 0 Å². The number of nitrogens with two attached hydrogens (primary N) is 1. The Labute approximate surface area is 126 Å². The lowest BCUT2D eigenvalue weighted by Gasteiger charge is -2.29. The Morgan fingerprint density at radius 3 is 3.00 bits per heavy atom. The van der Waals surface area contributed by atoms with Crippen molar-refractivity contribution in [3.05, 3.63) is 29.8 Å². The second kappa shape index (κ2) is 8.00. The van der Waals surface area contributed by atoms with Crippen LogP contribution in [0.2, 0.25) is 0 Å². The molecule has 0 spiro atoms. The molecule has 0 saturated carbocycles. The van der Waals surface area contributed by atoms with Gasteiger partial charge in [-0.15, -0.1) is 0 Å². The quantitative estimate of drug-likeness (QED) is 0.876. The number of urea groups is 1. The van der Waals surface area contributed by atoms with E-state index >= 15 is 0 Å². The third kappa shape index (κ3) is 4.72. The van der Waals surface area contributed by atoms with Crippen LogP contribution in [-0.4, -0.2) is 36.7 Å². The molecule has 5 nitrogen and oxygen atoms in total. The standard InChI is InChI=1S/C16H25N3O2/c1-2-19(12-15-8-3-4-9-21-15)16(20)18-14-7-5-6-13(10-14)11-17/h5-7,10,15H,2-4,8-9,11-12,17H2,1H3,(H,18,20)/t15-/m0/s1. The molecule has 0 radical (unpaired) electrons. The predicted molar refractivity (Wildman–Crippen MR) is 84.2 cm³/mol. The monoisotopic (exact) mass is 291 g/mol. The number of carbonyl (C=O) groups is 1. The highest BCUT2D eigenvalue weighted by Crippen LogP contribution is 2.15. The molecule has 1 heterocycles.